The number of rotatable bonds is 4. The first-order valence-corrected chi connectivity index (χ1v) is 7.47. The number of aromatic nitrogens is 2. The van der Waals surface area contributed by atoms with Gasteiger partial charge in [0.15, 0.2) is 0 Å². The Morgan fingerprint density at radius 1 is 1.32 bits per heavy atom. The molecule has 2 atom stereocenters. The van der Waals surface area contributed by atoms with Gasteiger partial charge in [-0.3, -0.25) is 0 Å². The van der Waals surface area contributed by atoms with Gasteiger partial charge in [-0.1, -0.05) is 12.1 Å². The molecule has 1 aliphatic rings. The third kappa shape index (κ3) is 3.72. The van der Waals surface area contributed by atoms with E-state index in [-0.39, 0.29) is 12.1 Å². The van der Waals surface area contributed by atoms with Crippen molar-refractivity contribution in [2.24, 2.45) is 5.73 Å². The minimum Gasteiger partial charge on any atom is -0.380 e. The van der Waals surface area contributed by atoms with Crippen molar-refractivity contribution in [3.63, 3.8) is 0 Å². The van der Waals surface area contributed by atoms with Gasteiger partial charge in [-0.05, 0) is 37.1 Å². The predicted octanol–water partition coefficient (Wildman–Crippen LogP) is 2.06. The highest BCUT2D eigenvalue weighted by atomic mass is 16.5. The summed E-state index contributed by atoms with van der Waals surface area (Å²) in [5, 5.41) is 6.59. The van der Waals surface area contributed by atoms with Crippen LogP contribution in [0.4, 0.5) is 17.5 Å². The molecule has 0 saturated carbocycles. The zero-order chi connectivity index (χ0) is 15.4. The highest BCUT2D eigenvalue weighted by Crippen LogP contribution is 2.17. The van der Waals surface area contributed by atoms with Crippen LogP contribution in [0.1, 0.15) is 12.0 Å². The molecule has 6 heteroatoms. The van der Waals surface area contributed by atoms with E-state index in [4.69, 9.17) is 10.5 Å². The molecule has 0 bridgehead atoms. The Morgan fingerprint density at radius 2 is 2.23 bits per heavy atom. The SMILES string of the molecule is Cc1cccc(Nc2ccnc(N[C@@H]3CCOC[C@@H]3N)n2)c1. The monoisotopic (exact) mass is 299 g/mol. The van der Waals surface area contributed by atoms with E-state index in [1.54, 1.807) is 6.20 Å². The number of benzene rings is 1. The van der Waals surface area contributed by atoms with Gasteiger partial charge in [-0.25, -0.2) is 4.98 Å². The van der Waals surface area contributed by atoms with Gasteiger partial charge < -0.3 is 21.1 Å². The third-order valence-electron chi connectivity index (χ3n) is 3.66. The number of hydrogen-bond donors (Lipinski definition) is 3. The molecule has 2 aromatic rings. The lowest BCUT2D eigenvalue weighted by atomic mass is 10.1. The summed E-state index contributed by atoms with van der Waals surface area (Å²) in [6.07, 6.45) is 2.60. The van der Waals surface area contributed by atoms with Gasteiger partial charge >= 0.3 is 0 Å². The summed E-state index contributed by atoms with van der Waals surface area (Å²) in [6, 6.07) is 10.1. The van der Waals surface area contributed by atoms with Crippen LogP contribution in [0, 0.1) is 6.92 Å². The summed E-state index contributed by atoms with van der Waals surface area (Å²) in [6.45, 7) is 3.34. The molecule has 1 aromatic carbocycles. The standard InChI is InChI=1S/C16H21N5O/c1-11-3-2-4-12(9-11)19-15-5-7-18-16(21-15)20-14-6-8-22-10-13(14)17/h2-5,7,9,13-14H,6,8,10,17H2,1H3,(H2,18,19,20,21)/t13-,14+/m0/s1. The van der Waals surface area contributed by atoms with Crippen LogP contribution in [-0.4, -0.2) is 35.3 Å². The molecular weight excluding hydrogens is 278 g/mol. The lowest BCUT2D eigenvalue weighted by Crippen LogP contribution is -2.47. The predicted molar refractivity (Wildman–Crippen MR) is 87.3 cm³/mol. The Kier molecular flexibility index (Phi) is 4.50. The molecule has 6 nitrogen and oxygen atoms in total. The van der Waals surface area contributed by atoms with Gasteiger partial charge in [0.25, 0.3) is 0 Å². The Bertz CT molecular complexity index is 633. The quantitative estimate of drug-likeness (QED) is 0.801. The lowest BCUT2D eigenvalue weighted by Gasteiger charge is -2.29. The van der Waals surface area contributed by atoms with Gasteiger partial charge in [0.1, 0.15) is 5.82 Å². The minimum absolute atomic E-state index is 0.0364. The number of nitrogens with two attached hydrogens (primary N) is 1. The molecule has 1 aromatic heterocycles. The molecule has 0 aliphatic carbocycles. The fourth-order valence-corrected chi connectivity index (χ4v) is 2.47. The molecular formula is C16H21N5O. The van der Waals surface area contributed by atoms with Crippen molar-refractivity contribution in [2.45, 2.75) is 25.4 Å². The van der Waals surface area contributed by atoms with E-state index in [9.17, 15) is 0 Å². The second-order valence-electron chi connectivity index (χ2n) is 5.54. The first kappa shape index (κ1) is 14.7. The highest BCUT2D eigenvalue weighted by molar-refractivity contribution is 5.57. The van der Waals surface area contributed by atoms with Crippen LogP contribution in [0.2, 0.25) is 0 Å². The van der Waals surface area contributed by atoms with Gasteiger partial charge in [0.05, 0.1) is 6.61 Å². The Balaban J connectivity index is 1.69. The molecule has 0 amide bonds. The van der Waals surface area contributed by atoms with E-state index in [2.05, 4.69) is 39.7 Å². The first-order chi connectivity index (χ1) is 10.7. The average molecular weight is 299 g/mol. The van der Waals surface area contributed by atoms with Crippen LogP contribution in [-0.2, 0) is 4.74 Å². The summed E-state index contributed by atoms with van der Waals surface area (Å²) in [5.74, 6) is 1.34. The molecule has 0 unspecified atom stereocenters. The average Bonchev–Trinajstić information content (AvgIpc) is 2.50. The van der Waals surface area contributed by atoms with Crippen molar-refractivity contribution < 1.29 is 4.74 Å². The van der Waals surface area contributed by atoms with Gasteiger partial charge in [-0.2, -0.15) is 4.98 Å². The zero-order valence-corrected chi connectivity index (χ0v) is 12.6. The zero-order valence-electron chi connectivity index (χ0n) is 12.6. The van der Waals surface area contributed by atoms with Crippen LogP contribution in [0.25, 0.3) is 0 Å². The number of nitrogens with zero attached hydrogens (tertiary/aromatic N) is 2. The maximum absolute atomic E-state index is 6.05. The molecule has 2 heterocycles. The number of ether oxygens (including phenoxy) is 1. The Morgan fingerprint density at radius 3 is 3.05 bits per heavy atom. The van der Waals surface area contributed by atoms with Gasteiger partial charge in [0.2, 0.25) is 5.95 Å². The topological polar surface area (TPSA) is 85.1 Å². The maximum atomic E-state index is 6.05. The highest BCUT2D eigenvalue weighted by Gasteiger charge is 2.22. The molecule has 1 fully saturated rings. The molecule has 3 rings (SSSR count). The van der Waals surface area contributed by atoms with Gasteiger partial charge in [0, 0.05) is 30.6 Å². The molecule has 22 heavy (non-hydrogen) atoms. The number of hydrogen-bond acceptors (Lipinski definition) is 6. The van der Waals surface area contributed by atoms with Crippen LogP contribution < -0.4 is 16.4 Å². The fraction of sp³-hybridized carbons (Fsp3) is 0.375. The largest absolute Gasteiger partial charge is 0.380 e. The minimum atomic E-state index is -0.0364. The van der Waals surface area contributed by atoms with Crippen molar-refractivity contribution in [3.8, 4) is 0 Å². The molecule has 0 radical (unpaired) electrons. The number of nitrogens with one attached hydrogen (secondary N) is 2. The maximum Gasteiger partial charge on any atom is 0.224 e. The number of aryl methyl sites for hydroxylation is 1. The van der Waals surface area contributed by atoms with E-state index >= 15 is 0 Å². The molecule has 4 N–H and O–H groups in total. The second-order valence-corrected chi connectivity index (χ2v) is 5.54. The van der Waals surface area contributed by atoms with Crippen molar-refractivity contribution >= 4 is 17.5 Å². The molecule has 1 saturated heterocycles. The third-order valence-corrected chi connectivity index (χ3v) is 3.66. The van der Waals surface area contributed by atoms with E-state index in [1.165, 1.54) is 5.56 Å². The summed E-state index contributed by atoms with van der Waals surface area (Å²) in [5.41, 5.74) is 8.25. The van der Waals surface area contributed by atoms with E-state index in [0.29, 0.717) is 19.2 Å². The normalized spacial score (nSPS) is 21.4. The van der Waals surface area contributed by atoms with E-state index in [0.717, 1.165) is 17.9 Å². The smallest absolute Gasteiger partial charge is 0.224 e. The van der Waals surface area contributed by atoms with Crippen LogP contribution in [0.15, 0.2) is 36.5 Å². The number of anilines is 3. The van der Waals surface area contributed by atoms with Crippen molar-refractivity contribution in [3.05, 3.63) is 42.1 Å². The molecule has 116 valence electrons. The summed E-state index contributed by atoms with van der Waals surface area (Å²) < 4.78 is 5.35. The van der Waals surface area contributed by atoms with Crippen molar-refractivity contribution in [1.29, 1.82) is 0 Å². The van der Waals surface area contributed by atoms with Crippen molar-refractivity contribution in [1.82, 2.24) is 9.97 Å². The first-order valence-electron chi connectivity index (χ1n) is 7.47. The summed E-state index contributed by atoms with van der Waals surface area (Å²) >= 11 is 0. The van der Waals surface area contributed by atoms with E-state index in [1.807, 2.05) is 18.2 Å². The summed E-state index contributed by atoms with van der Waals surface area (Å²) in [7, 11) is 0. The van der Waals surface area contributed by atoms with E-state index < -0.39 is 0 Å². The van der Waals surface area contributed by atoms with Crippen molar-refractivity contribution in [2.75, 3.05) is 23.8 Å². The Labute approximate surface area is 130 Å². The Hall–Kier alpha value is -2.18. The second kappa shape index (κ2) is 6.72. The molecule has 0 spiro atoms. The van der Waals surface area contributed by atoms with Crippen LogP contribution in [0.3, 0.4) is 0 Å². The van der Waals surface area contributed by atoms with Crippen LogP contribution >= 0.6 is 0 Å². The lowest BCUT2D eigenvalue weighted by molar-refractivity contribution is 0.0751. The molecule has 1 aliphatic heterocycles. The fourth-order valence-electron chi connectivity index (χ4n) is 2.47. The summed E-state index contributed by atoms with van der Waals surface area (Å²) in [4.78, 5) is 8.77. The van der Waals surface area contributed by atoms with Crippen LogP contribution in [0.5, 0.6) is 0 Å². The van der Waals surface area contributed by atoms with Gasteiger partial charge in [-0.15, -0.1) is 0 Å².